The number of rotatable bonds is 6. The van der Waals surface area contributed by atoms with Crippen molar-refractivity contribution >= 4 is 21.4 Å². The smallest absolute Gasteiger partial charge is 0.240 e. The second-order valence-electron chi connectivity index (χ2n) is 4.54. The van der Waals surface area contributed by atoms with Gasteiger partial charge in [-0.25, -0.2) is 13.1 Å². The topological polar surface area (TPSA) is 72.2 Å². The van der Waals surface area contributed by atoms with Gasteiger partial charge in [0.2, 0.25) is 10.0 Å². The quantitative estimate of drug-likeness (QED) is 0.861. The molecule has 1 heterocycles. The Morgan fingerprint density at radius 3 is 2.80 bits per heavy atom. The summed E-state index contributed by atoms with van der Waals surface area (Å²) in [5.74, 6) is 0. The van der Waals surface area contributed by atoms with Gasteiger partial charge in [0.05, 0.1) is 4.90 Å². The van der Waals surface area contributed by atoms with Crippen molar-refractivity contribution in [2.75, 3.05) is 0 Å². The zero-order chi connectivity index (χ0) is 14.6. The predicted octanol–water partition coefficient (Wildman–Crippen LogP) is 2.64. The summed E-state index contributed by atoms with van der Waals surface area (Å²) in [6.07, 6.45) is 0.770. The highest BCUT2D eigenvalue weighted by atomic mass is 32.2. The van der Waals surface area contributed by atoms with Crippen molar-refractivity contribution < 1.29 is 8.42 Å². The summed E-state index contributed by atoms with van der Waals surface area (Å²) in [5, 5.41) is 3.84. The summed E-state index contributed by atoms with van der Waals surface area (Å²) in [6.45, 7) is 2.27. The lowest BCUT2D eigenvalue weighted by Crippen LogP contribution is -2.23. The van der Waals surface area contributed by atoms with Crippen LogP contribution in [0.5, 0.6) is 0 Å². The molecule has 20 heavy (non-hydrogen) atoms. The highest BCUT2D eigenvalue weighted by Gasteiger charge is 2.15. The second-order valence-corrected chi connectivity index (χ2v) is 7.09. The van der Waals surface area contributed by atoms with E-state index in [-0.39, 0.29) is 10.9 Å². The first-order chi connectivity index (χ1) is 9.53. The number of hydrogen-bond donors (Lipinski definition) is 2. The van der Waals surface area contributed by atoms with Gasteiger partial charge in [-0.15, -0.1) is 0 Å². The van der Waals surface area contributed by atoms with Crippen molar-refractivity contribution in [1.82, 2.24) is 4.72 Å². The Morgan fingerprint density at radius 2 is 2.15 bits per heavy atom. The predicted molar refractivity (Wildman–Crippen MR) is 82.0 cm³/mol. The number of hydrogen-bond acceptors (Lipinski definition) is 4. The van der Waals surface area contributed by atoms with E-state index in [9.17, 15) is 8.42 Å². The first kappa shape index (κ1) is 15.2. The number of nitrogens with one attached hydrogen (secondary N) is 1. The number of thiophene rings is 1. The zero-order valence-corrected chi connectivity index (χ0v) is 12.9. The molecular formula is C14H18N2O2S2. The zero-order valence-electron chi connectivity index (χ0n) is 11.2. The van der Waals surface area contributed by atoms with Crippen molar-refractivity contribution in [3.63, 3.8) is 0 Å². The first-order valence-electron chi connectivity index (χ1n) is 6.39. The molecule has 108 valence electrons. The first-order valence-corrected chi connectivity index (χ1v) is 8.82. The molecule has 1 unspecified atom stereocenters. The van der Waals surface area contributed by atoms with Crippen molar-refractivity contribution in [3.8, 4) is 0 Å². The van der Waals surface area contributed by atoms with Gasteiger partial charge in [-0.1, -0.05) is 19.1 Å². The molecule has 0 saturated heterocycles. The molecule has 0 bridgehead atoms. The largest absolute Gasteiger partial charge is 0.324 e. The van der Waals surface area contributed by atoms with Crippen LogP contribution in [0, 0.1) is 0 Å². The third kappa shape index (κ3) is 3.67. The molecule has 3 N–H and O–H groups in total. The number of sulfonamides is 1. The van der Waals surface area contributed by atoms with Crippen LogP contribution in [0.1, 0.15) is 30.5 Å². The van der Waals surface area contributed by atoms with Gasteiger partial charge in [0, 0.05) is 12.6 Å². The van der Waals surface area contributed by atoms with Crippen molar-refractivity contribution in [2.24, 2.45) is 5.73 Å². The lowest BCUT2D eigenvalue weighted by atomic mass is 10.1. The van der Waals surface area contributed by atoms with E-state index in [2.05, 4.69) is 4.72 Å². The van der Waals surface area contributed by atoms with E-state index in [1.807, 2.05) is 29.8 Å². The number of nitrogens with two attached hydrogens (primary N) is 1. The van der Waals surface area contributed by atoms with E-state index in [0.717, 1.165) is 17.5 Å². The summed E-state index contributed by atoms with van der Waals surface area (Å²) in [6, 6.07) is 8.57. The SMILES string of the molecule is CCC(N)c1cccc(S(=O)(=O)NCc2ccsc2)c1. The van der Waals surface area contributed by atoms with Crippen LogP contribution in [0.2, 0.25) is 0 Å². The minimum atomic E-state index is -3.50. The maximum absolute atomic E-state index is 12.2. The van der Waals surface area contributed by atoms with Gasteiger partial charge in [0.25, 0.3) is 0 Å². The van der Waals surface area contributed by atoms with Gasteiger partial charge in [-0.3, -0.25) is 0 Å². The highest BCUT2D eigenvalue weighted by Crippen LogP contribution is 2.18. The molecule has 6 heteroatoms. The molecule has 1 atom stereocenters. The third-order valence-corrected chi connectivity index (χ3v) is 5.21. The lowest BCUT2D eigenvalue weighted by molar-refractivity contribution is 0.581. The Hall–Kier alpha value is -1.21. The lowest BCUT2D eigenvalue weighted by Gasteiger charge is -2.11. The molecule has 2 rings (SSSR count). The van der Waals surface area contributed by atoms with E-state index < -0.39 is 10.0 Å². The minimum Gasteiger partial charge on any atom is -0.324 e. The van der Waals surface area contributed by atoms with Crippen LogP contribution in [0.15, 0.2) is 46.0 Å². The van der Waals surface area contributed by atoms with E-state index in [1.54, 1.807) is 29.5 Å². The maximum Gasteiger partial charge on any atom is 0.240 e. The Bertz CT molecular complexity index is 652. The van der Waals surface area contributed by atoms with Crippen LogP contribution in [-0.4, -0.2) is 8.42 Å². The maximum atomic E-state index is 12.2. The monoisotopic (exact) mass is 310 g/mol. The van der Waals surface area contributed by atoms with E-state index in [1.165, 1.54) is 0 Å². The summed E-state index contributed by atoms with van der Waals surface area (Å²) in [4.78, 5) is 0.258. The van der Waals surface area contributed by atoms with Gasteiger partial charge in [0.15, 0.2) is 0 Å². The van der Waals surface area contributed by atoms with Crippen molar-refractivity contribution in [1.29, 1.82) is 0 Å². The van der Waals surface area contributed by atoms with Crippen molar-refractivity contribution in [2.45, 2.75) is 30.8 Å². The third-order valence-electron chi connectivity index (χ3n) is 3.08. The molecule has 0 aliphatic heterocycles. The molecule has 1 aromatic carbocycles. The summed E-state index contributed by atoms with van der Waals surface area (Å²) >= 11 is 1.54. The summed E-state index contributed by atoms with van der Waals surface area (Å²) in [5.41, 5.74) is 7.74. The van der Waals surface area contributed by atoms with Crippen LogP contribution in [0.25, 0.3) is 0 Å². The van der Waals surface area contributed by atoms with Gasteiger partial charge < -0.3 is 5.73 Å². The number of benzene rings is 1. The van der Waals surface area contributed by atoms with Gasteiger partial charge in [0.1, 0.15) is 0 Å². The standard InChI is InChI=1S/C14H18N2O2S2/c1-2-14(15)12-4-3-5-13(8-12)20(17,18)16-9-11-6-7-19-10-11/h3-8,10,14,16H,2,9,15H2,1H3. The van der Waals surface area contributed by atoms with Crippen LogP contribution in [-0.2, 0) is 16.6 Å². The fourth-order valence-corrected chi connectivity index (χ4v) is 3.54. The fourth-order valence-electron chi connectivity index (χ4n) is 1.80. The molecular weight excluding hydrogens is 292 g/mol. The normalized spacial score (nSPS) is 13.3. The molecule has 0 aliphatic rings. The molecule has 2 aromatic rings. The fraction of sp³-hybridized carbons (Fsp3) is 0.286. The van der Waals surface area contributed by atoms with Gasteiger partial charge in [-0.2, -0.15) is 11.3 Å². The van der Waals surface area contributed by atoms with E-state index >= 15 is 0 Å². The highest BCUT2D eigenvalue weighted by molar-refractivity contribution is 7.89. The molecule has 4 nitrogen and oxygen atoms in total. The van der Waals surface area contributed by atoms with Gasteiger partial charge in [-0.05, 0) is 46.5 Å². The Labute approximate surface area is 123 Å². The van der Waals surface area contributed by atoms with E-state index in [4.69, 9.17) is 5.73 Å². The van der Waals surface area contributed by atoms with Crippen LogP contribution < -0.4 is 10.5 Å². The Balaban J connectivity index is 2.16. The van der Waals surface area contributed by atoms with E-state index in [0.29, 0.717) is 6.54 Å². The molecule has 0 fully saturated rings. The Kier molecular flexibility index (Phi) is 4.93. The molecule has 1 aromatic heterocycles. The average molecular weight is 310 g/mol. The van der Waals surface area contributed by atoms with Crippen LogP contribution >= 0.6 is 11.3 Å². The molecule has 0 radical (unpaired) electrons. The van der Waals surface area contributed by atoms with Crippen LogP contribution in [0.4, 0.5) is 0 Å². The minimum absolute atomic E-state index is 0.137. The molecule has 0 spiro atoms. The molecule has 0 saturated carbocycles. The molecule has 0 amide bonds. The molecule has 0 aliphatic carbocycles. The van der Waals surface area contributed by atoms with Gasteiger partial charge >= 0.3 is 0 Å². The Morgan fingerprint density at radius 1 is 1.35 bits per heavy atom. The second kappa shape index (κ2) is 6.49. The van der Waals surface area contributed by atoms with Crippen LogP contribution in [0.3, 0.4) is 0 Å². The average Bonchev–Trinajstić information content (AvgIpc) is 2.98. The summed E-state index contributed by atoms with van der Waals surface area (Å²) in [7, 11) is -3.50. The summed E-state index contributed by atoms with van der Waals surface area (Å²) < 4.78 is 27.1. The van der Waals surface area contributed by atoms with Crippen molar-refractivity contribution in [3.05, 3.63) is 52.2 Å².